The Kier molecular flexibility index (Phi) is 6.66. The van der Waals surface area contributed by atoms with Gasteiger partial charge in [-0.1, -0.05) is 6.07 Å². The summed E-state index contributed by atoms with van der Waals surface area (Å²) < 4.78 is 50.8. The quantitative estimate of drug-likeness (QED) is 0.551. The number of nitrogens with one attached hydrogen (secondary N) is 1. The lowest BCUT2D eigenvalue weighted by Gasteiger charge is -2.13. The Morgan fingerprint density at radius 2 is 1.94 bits per heavy atom. The zero-order valence-corrected chi connectivity index (χ0v) is 17.6. The first-order valence-electron chi connectivity index (χ1n) is 9.68. The number of aryl methyl sites for hydroxylation is 2. The Morgan fingerprint density at radius 3 is 2.59 bits per heavy atom. The summed E-state index contributed by atoms with van der Waals surface area (Å²) in [6.07, 6.45) is -4.17. The number of fused-ring (bicyclic) bond motifs is 1. The van der Waals surface area contributed by atoms with Crippen molar-refractivity contribution in [2.24, 2.45) is 7.05 Å². The monoisotopic (exact) mass is 450 g/mol. The predicted molar refractivity (Wildman–Crippen MR) is 109 cm³/mol. The first-order valence-corrected chi connectivity index (χ1v) is 9.68. The van der Waals surface area contributed by atoms with Crippen molar-refractivity contribution < 1.29 is 32.2 Å². The van der Waals surface area contributed by atoms with E-state index in [4.69, 9.17) is 4.74 Å². The number of carbonyl (C=O) groups is 2. The van der Waals surface area contributed by atoms with Gasteiger partial charge in [-0.15, -0.1) is 0 Å². The average molecular weight is 450 g/mol. The third-order valence-electron chi connectivity index (χ3n) is 4.68. The van der Waals surface area contributed by atoms with Gasteiger partial charge in [0, 0.05) is 19.5 Å². The lowest BCUT2D eigenvalue weighted by atomic mass is 10.2. The van der Waals surface area contributed by atoms with Crippen LogP contribution in [-0.4, -0.2) is 40.1 Å². The number of aromatic nitrogens is 3. The molecule has 0 aliphatic carbocycles. The molecule has 1 amide bonds. The van der Waals surface area contributed by atoms with Crippen LogP contribution < -0.4 is 10.1 Å². The lowest BCUT2D eigenvalue weighted by Crippen LogP contribution is -2.17. The van der Waals surface area contributed by atoms with Crippen molar-refractivity contribution in [3.8, 4) is 5.75 Å². The number of methoxy groups -OCH3 is 1. The molecule has 0 fully saturated rings. The molecule has 0 bridgehead atoms. The zero-order valence-electron chi connectivity index (χ0n) is 17.6. The van der Waals surface area contributed by atoms with Crippen molar-refractivity contribution in [2.75, 3.05) is 19.0 Å². The fourth-order valence-electron chi connectivity index (χ4n) is 3.09. The molecule has 2 heterocycles. The van der Waals surface area contributed by atoms with E-state index in [1.807, 2.05) is 0 Å². The molecule has 0 saturated carbocycles. The maximum Gasteiger partial charge on any atom is 0.433 e. The Balaban J connectivity index is 1.94. The van der Waals surface area contributed by atoms with Crippen molar-refractivity contribution in [2.45, 2.75) is 25.9 Å². The summed E-state index contributed by atoms with van der Waals surface area (Å²) in [5, 5.41) is 2.57. The number of ether oxygens (including phenoxy) is 2. The topological polar surface area (TPSA) is 95.3 Å². The predicted octanol–water partition coefficient (Wildman–Crippen LogP) is 3.74. The zero-order chi connectivity index (χ0) is 23.5. The van der Waals surface area contributed by atoms with Crippen molar-refractivity contribution >= 4 is 28.6 Å². The number of nitrogens with zero attached hydrogens (tertiary/aromatic N) is 3. The third-order valence-corrected chi connectivity index (χ3v) is 4.68. The molecule has 0 aliphatic rings. The Bertz CT molecular complexity index is 1160. The summed E-state index contributed by atoms with van der Waals surface area (Å²) >= 11 is 0. The summed E-state index contributed by atoms with van der Waals surface area (Å²) in [6.45, 7) is 2.04. The molecule has 170 valence electrons. The molecule has 3 rings (SSSR count). The number of pyridine rings is 1. The molecule has 0 spiro atoms. The molecule has 2 aromatic heterocycles. The minimum absolute atomic E-state index is 0.150. The van der Waals surface area contributed by atoms with Crippen LogP contribution >= 0.6 is 0 Å². The molecule has 0 atom stereocenters. The van der Waals surface area contributed by atoms with E-state index in [0.29, 0.717) is 29.0 Å². The van der Waals surface area contributed by atoms with E-state index in [2.05, 4.69) is 20.0 Å². The second-order valence-electron chi connectivity index (χ2n) is 6.79. The van der Waals surface area contributed by atoms with Crippen molar-refractivity contribution in [3.05, 3.63) is 47.5 Å². The van der Waals surface area contributed by atoms with Crippen LogP contribution in [0.2, 0.25) is 0 Å². The van der Waals surface area contributed by atoms with Gasteiger partial charge in [0.25, 0.3) is 5.91 Å². The van der Waals surface area contributed by atoms with Gasteiger partial charge in [-0.2, -0.15) is 13.2 Å². The van der Waals surface area contributed by atoms with E-state index in [1.165, 1.54) is 13.2 Å². The average Bonchev–Trinajstić information content (AvgIpc) is 3.06. The molecule has 32 heavy (non-hydrogen) atoms. The normalized spacial score (nSPS) is 11.4. The summed E-state index contributed by atoms with van der Waals surface area (Å²) in [6, 6.07) is 6.33. The van der Waals surface area contributed by atoms with Crippen molar-refractivity contribution in [1.29, 1.82) is 0 Å². The van der Waals surface area contributed by atoms with Crippen LogP contribution in [-0.2, 0) is 29.2 Å². The molecule has 3 aromatic rings. The third kappa shape index (κ3) is 4.98. The van der Waals surface area contributed by atoms with Gasteiger partial charge in [-0.3, -0.25) is 9.59 Å². The number of esters is 1. The number of halogens is 3. The van der Waals surface area contributed by atoms with Crippen LogP contribution in [0.3, 0.4) is 0 Å². The van der Waals surface area contributed by atoms with E-state index in [1.54, 1.807) is 30.7 Å². The fourth-order valence-corrected chi connectivity index (χ4v) is 3.09. The number of alkyl halides is 3. The van der Waals surface area contributed by atoms with Gasteiger partial charge >= 0.3 is 12.1 Å². The number of anilines is 1. The highest BCUT2D eigenvalue weighted by molar-refractivity contribution is 6.04. The number of hydrogen-bond donors (Lipinski definition) is 1. The lowest BCUT2D eigenvalue weighted by molar-refractivity contribution is -0.141. The van der Waals surface area contributed by atoms with Crippen molar-refractivity contribution in [3.63, 3.8) is 0 Å². The van der Waals surface area contributed by atoms with Crippen LogP contribution in [0.1, 0.15) is 35.4 Å². The molecule has 0 saturated heterocycles. The maximum atomic E-state index is 12.9. The molecular weight excluding hydrogens is 429 g/mol. The van der Waals surface area contributed by atoms with Gasteiger partial charge in [0.15, 0.2) is 0 Å². The van der Waals surface area contributed by atoms with Gasteiger partial charge in [-0.25, -0.2) is 9.97 Å². The van der Waals surface area contributed by atoms with Crippen LogP contribution in [0.5, 0.6) is 5.75 Å². The standard InChI is InChI=1S/C21H21F3N4O4/c1-4-32-16-11-13-15(28(2)18(26-13)8-9-19(29)31-3)10-14(16)27-20(30)12-6-5-7-17(25-12)21(22,23)24/h5-7,10-11H,4,8-9H2,1-3H3,(H,27,30). The smallest absolute Gasteiger partial charge is 0.433 e. The van der Waals surface area contributed by atoms with Gasteiger partial charge < -0.3 is 19.4 Å². The number of rotatable bonds is 7. The summed E-state index contributed by atoms with van der Waals surface area (Å²) in [7, 11) is 3.06. The SMILES string of the molecule is CCOc1cc2nc(CCC(=O)OC)n(C)c2cc1NC(=O)c1cccc(C(F)(F)F)n1. The Morgan fingerprint density at radius 1 is 1.19 bits per heavy atom. The second kappa shape index (κ2) is 9.25. The van der Waals surface area contributed by atoms with Crippen LogP contribution in [0.15, 0.2) is 30.3 Å². The van der Waals surface area contributed by atoms with E-state index >= 15 is 0 Å². The number of hydrogen-bond acceptors (Lipinski definition) is 6. The van der Waals surface area contributed by atoms with Gasteiger partial charge in [0.05, 0.1) is 36.9 Å². The molecule has 0 unspecified atom stereocenters. The summed E-state index contributed by atoms with van der Waals surface area (Å²) in [4.78, 5) is 32.0. The van der Waals surface area contributed by atoms with E-state index in [-0.39, 0.29) is 30.4 Å². The van der Waals surface area contributed by atoms with Crippen LogP contribution in [0.4, 0.5) is 18.9 Å². The number of amides is 1. The molecule has 1 aromatic carbocycles. The van der Waals surface area contributed by atoms with Crippen LogP contribution in [0, 0.1) is 0 Å². The maximum absolute atomic E-state index is 12.9. The highest BCUT2D eigenvalue weighted by Gasteiger charge is 2.33. The Hall–Kier alpha value is -3.63. The van der Waals surface area contributed by atoms with E-state index in [0.717, 1.165) is 12.1 Å². The van der Waals surface area contributed by atoms with Gasteiger partial charge in [0.2, 0.25) is 0 Å². The molecule has 0 aliphatic heterocycles. The molecule has 0 radical (unpaired) electrons. The van der Waals surface area contributed by atoms with Gasteiger partial charge in [-0.05, 0) is 25.1 Å². The fraction of sp³-hybridized carbons (Fsp3) is 0.333. The Labute approximate surface area is 181 Å². The molecular formula is C21H21F3N4O4. The minimum atomic E-state index is -4.67. The highest BCUT2D eigenvalue weighted by Crippen LogP contribution is 2.32. The number of carbonyl (C=O) groups excluding carboxylic acids is 2. The molecule has 8 nitrogen and oxygen atoms in total. The van der Waals surface area contributed by atoms with Crippen molar-refractivity contribution in [1.82, 2.24) is 14.5 Å². The second-order valence-corrected chi connectivity index (χ2v) is 6.79. The largest absolute Gasteiger partial charge is 0.492 e. The van der Waals surface area contributed by atoms with Crippen LogP contribution in [0.25, 0.3) is 11.0 Å². The first-order chi connectivity index (χ1) is 15.1. The van der Waals surface area contributed by atoms with E-state index in [9.17, 15) is 22.8 Å². The minimum Gasteiger partial charge on any atom is -0.492 e. The number of benzene rings is 1. The molecule has 11 heteroatoms. The van der Waals surface area contributed by atoms with Gasteiger partial charge in [0.1, 0.15) is 23.0 Å². The van der Waals surface area contributed by atoms with E-state index < -0.39 is 17.8 Å². The summed E-state index contributed by atoms with van der Waals surface area (Å²) in [5.41, 5.74) is -0.0728. The first kappa shape index (κ1) is 23.0. The highest BCUT2D eigenvalue weighted by atomic mass is 19.4. The molecule has 1 N–H and O–H groups in total. The summed E-state index contributed by atoms with van der Waals surface area (Å²) in [5.74, 6) is -0.257. The number of imidazole rings is 1.